The van der Waals surface area contributed by atoms with Gasteiger partial charge in [0.1, 0.15) is 6.61 Å². The van der Waals surface area contributed by atoms with Crippen LogP contribution < -0.4 is 10.6 Å². The molecule has 8 nitrogen and oxygen atoms in total. The van der Waals surface area contributed by atoms with Gasteiger partial charge in [-0.1, -0.05) is 44.2 Å². The third-order valence-corrected chi connectivity index (χ3v) is 6.57. The van der Waals surface area contributed by atoms with Gasteiger partial charge in [0.25, 0.3) is 5.91 Å². The Hall–Kier alpha value is -3.07. The molecule has 0 saturated heterocycles. The summed E-state index contributed by atoms with van der Waals surface area (Å²) in [5.74, 6) is -2.20. The molecule has 2 bridgehead atoms. The number of aryl methyl sites for hydroxylation is 1. The zero-order chi connectivity index (χ0) is 24.5. The SMILES string of the molecule is CC(C)CC(NC(=O)OCc1ccccc1)C(=O)CC1CCc2csc(n2)CCNC(=O)C1=O. The van der Waals surface area contributed by atoms with Crippen LogP contribution in [0.3, 0.4) is 0 Å². The summed E-state index contributed by atoms with van der Waals surface area (Å²) in [4.78, 5) is 55.3. The summed E-state index contributed by atoms with van der Waals surface area (Å²) < 4.78 is 5.27. The smallest absolute Gasteiger partial charge is 0.408 e. The van der Waals surface area contributed by atoms with E-state index in [0.717, 1.165) is 16.3 Å². The maximum atomic E-state index is 13.2. The highest BCUT2D eigenvalue weighted by atomic mass is 32.1. The van der Waals surface area contributed by atoms with Crippen LogP contribution in [0.4, 0.5) is 4.79 Å². The number of fused-ring (bicyclic) bond motifs is 2. The molecule has 2 unspecified atom stereocenters. The predicted molar refractivity (Wildman–Crippen MR) is 128 cm³/mol. The van der Waals surface area contributed by atoms with Crippen LogP contribution >= 0.6 is 11.3 Å². The highest BCUT2D eigenvalue weighted by molar-refractivity contribution is 7.09. The Morgan fingerprint density at radius 2 is 1.97 bits per heavy atom. The lowest BCUT2D eigenvalue weighted by atomic mass is 9.88. The van der Waals surface area contributed by atoms with Crippen molar-refractivity contribution in [3.63, 3.8) is 0 Å². The number of aromatic nitrogens is 1. The molecule has 2 amide bonds. The topological polar surface area (TPSA) is 114 Å². The second-order valence-corrected chi connectivity index (χ2v) is 9.84. The molecular weight excluding hydrogens is 454 g/mol. The summed E-state index contributed by atoms with van der Waals surface area (Å²) >= 11 is 1.53. The highest BCUT2D eigenvalue weighted by Gasteiger charge is 2.31. The van der Waals surface area contributed by atoms with Gasteiger partial charge in [-0.25, -0.2) is 9.78 Å². The fourth-order valence-electron chi connectivity index (χ4n) is 3.82. The van der Waals surface area contributed by atoms with E-state index in [2.05, 4.69) is 15.6 Å². The number of nitrogens with zero attached hydrogens (tertiary/aromatic N) is 1. The lowest BCUT2D eigenvalue weighted by Crippen LogP contribution is -2.44. The number of benzene rings is 1. The lowest BCUT2D eigenvalue weighted by molar-refractivity contribution is -0.141. The van der Waals surface area contributed by atoms with Gasteiger partial charge in [0.05, 0.1) is 16.7 Å². The number of ketones is 2. The van der Waals surface area contributed by atoms with E-state index in [1.807, 2.05) is 49.6 Å². The van der Waals surface area contributed by atoms with Gasteiger partial charge in [-0.15, -0.1) is 11.3 Å². The van der Waals surface area contributed by atoms with Crippen molar-refractivity contribution in [2.75, 3.05) is 6.54 Å². The van der Waals surface area contributed by atoms with E-state index in [1.54, 1.807) is 0 Å². The summed E-state index contributed by atoms with van der Waals surface area (Å²) in [6, 6.07) is 8.45. The van der Waals surface area contributed by atoms with Crippen LogP contribution in [-0.4, -0.2) is 41.1 Å². The number of Topliss-reactive ketones (excluding diaryl/α,β-unsaturated/α-hetero) is 2. The molecule has 182 valence electrons. The summed E-state index contributed by atoms with van der Waals surface area (Å²) in [5, 5.41) is 8.16. The molecule has 0 spiro atoms. The van der Waals surface area contributed by atoms with Gasteiger partial charge < -0.3 is 15.4 Å². The maximum Gasteiger partial charge on any atom is 0.408 e. The van der Waals surface area contributed by atoms with Crippen LogP contribution in [0.25, 0.3) is 0 Å². The molecule has 1 aromatic carbocycles. The molecule has 2 N–H and O–H groups in total. The molecule has 0 fully saturated rings. The van der Waals surface area contributed by atoms with Crippen LogP contribution in [0.5, 0.6) is 0 Å². The van der Waals surface area contributed by atoms with Crippen molar-refractivity contribution >= 4 is 34.9 Å². The Balaban J connectivity index is 1.65. The zero-order valence-corrected chi connectivity index (χ0v) is 20.4. The van der Waals surface area contributed by atoms with Gasteiger partial charge in [-0.2, -0.15) is 0 Å². The van der Waals surface area contributed by atoms with Gasteiger partial charge in [0, 0.05) is 30.7 Å². The normalized spacial score (nSPS) is 17.4. The number of hydrogen-bond donors (Lipinski definition) is 2. The van der Waals surface area contributed by atoms with E-state index in [4.69, 9.17) is 4.74 Å². The molecule has 2 heterocycles. The second-order valence-electron chi connectivity index (χ2n) is 8.90. The molecule has 1 aromatic heterocycles. The zero-order valence-electron chi connectivity index (χ0n) is 19.5. The van der Waals surface area contributed by atoms with Crippen molar-refractivity contribution in [2.45, 2.75) is 58.6 Å². The van der Waals surface area contributed by atoms with Crippen LogP contribution in [-0.2, 0) is 38.6 Å². The first-order valence-corrected chi connectivity index (χ1v) is 12.4. The number of alkyl carbamates (subject to hydrolysis) is 1. The molecule has 3 rings (SSSR count). The third-order valence-electron chi connectivity index (χ3n) is 5.62. The standard InChI is InChI=1S/C25H31N3O5S/c1-16(2)12-20(28-25(32)33-14-17-6-4-3-5-7-17)21(29)13-18-8-9-19-15-34-22(27-19)10-11-26-24(31)23(18)30/h3-7,15-16,18,20H,8-14H2,1-2H3,(H,26,31)(H,28,32). The van der Waals surface area contributed by atoms with Crippen molar-refractivity contribution in [3.8, 4) is 0 Å². The minimum absolute atomic E-state index is 0.0895. The second kappa shape index (κ2) is 12.4. The number of carbonyl (C=O) groups excluding carboxylic acids is 4. The first-order chi connectivity index (χ1) is 16.3. The third kappa shape index (κ3) is 7.76. The van der Waals surface area contributed by atoms with E-state index in [0.29, 0.717) is 32.2 Å². The number of carbonyl (C=O) groups is 4. The minimum Gasteiger partial charge on any atom is -0.445 e. The van der Waals surface area contributed by atoms with Gasteiger partial charge in [-0.05, 0) is 30.7 Å². The molecule has 2 aromatic rings. The van der Waals surface area contributed by atoms with Crippen molar-refractivity contribution in [3.05, 3.63) is 52.0 Å². The lowest BCUT2D eigenvalue weighted by Gasteiger charge is -2.22. The fourth-order valence-corrected chi connectivity index (χ4v) is 4.65. The average molecular weight is 486 g/mol. The van der Waals surface area contributed by atoms with Gasteiger partial charge in [-0.3, -0.25) is 14.4 Å². The fraction of sp³-hybridized carbons (Fsp3) is 0.480. The van der Waals surface area contributed by atoms with E-state index in [9.17, 15) is 19.2 Å². The molecule has 0 radical (unpaired) electrons. The molecule has 34 heavy (non-hydrogen) atoms. The molecule has 9 heteroatoms. The first kappa shape index (κ1) is 25.6. The Morgan fingerprint density at radius 1 is 1.21 bits per heavy atom. The van der Waals surface area contributed by atoms with Gasteiger partial charge >= 0.3 is 6.09 Å². The quantitative estimate of drug-likeness (QED) is 0.555. The number of nitrogens with one attached hydrogen (secondary N) is 2. The summed E-state index contributed by atoms with van der Waals surface area (Å²) in [6.07, 6.45) is 1.01. The molecule has 1 aliphatic rings. The van der Waals surface area contributed by atoms with Crippen molar-refractivity contribution in [2.24, 2.45) is 11.8 Å². The van der Waals surface area contributed by atoms with E-state index >= 15 is 0 Å². The van der Waals surface area contributed by atoms with Crippen LogP contribution in [0.1, 0.15) is 49.4 Å². The van der Waals surface area contributed by atoms with Crippen molar-refractivity contribution in [1.82, 2.24) is 15.6 Å². The molecule has 0 aliphatic carbocycles. The van der Waals surface area contributed by atoms with Gasteiger partial charge in [0.2, 0.25) is 5.78 Å². The number of ether oxygens (including phenoxy) is 1. The first-order valence-electron chi connectivity index (χ1n) is 11.6. The molecule has 2 atom stereocenters. The largest absolute Gasteiger partial charge is 0.445 e. The molecule has 1 aliphatic heterocycles. The Morgan fingerprint density at radius 3 is 2.71 bits per heavy atom. The minimum atomic E-state index is -0.803. The summed E-state index contributed by atoms with van der Waals surface area (Å²) in [6.45, 7) is 4.31. The van der Waals surface area contributed by atoms with E-state index in [1.165, 1.54) is 11.3 Å². The van der Waals surface area contributed by atoms with Gasteiger partial charge in [0.15, 0.2) is 5.78 Å². The maximum absolute atomic E-state index is 13.2. The Bertz CT molecular complexity index is 1000. The van der Waals surface area contributed by atoms with Crippen LogP contribution in [0, 0.1) is 11.8 Å². The number of hydrogen-bond acceptors (Lipinski definition) is 7. The summed E-state index contributed by atoms with van der Waals surface area (Å²) in [5.41, 5.74) is 1.70. The number of thiazole rings is 1. The van der Waals surface area contributed by atoms with E-state index < -0.39 is 29.7 Å². The van der Waals surface area contributed by atoms with Crippen molar-refractivity contribution in [1.29, 1.82) is 0 Å². The summed E-state index contributed by atoms with van der Waals surface area (Å²) in [7, 11) is 0. The average Bonchev–Trinajstić information content (AvgIpc) is 3.26. The van der Waals surface area contributed by atoms with Crippen LogP contribution in [0.2, 0.25) is 0 Å². The predicted octanol–water partition coefficient (Wildman–Crippen LogP) is 3.23. The highest BCUT2D eigenvalue weighted by Crippen LogP contribution is 2.20. The monoisotopic (exact) mass is 485 g/mol. The molecular formula is C25H31N3O5S. The molecule has 0 saturated carbocycles. The number of amides is 2. The Labute approximate surface area is 203 Å². The number of rotatable bonds is 8. The van der Waals surface area contributed by atoms with Crippen molar-refractivity contribution < 1.29 is 23.9 Å². The van der Waals surface area contributed by atoms with Crippen LogP contribution in [0.15, 0.2) is 35.7 Å². The van der Waals surface area contributed by atoms with E-state index in [-0.39, 0.29) is 24.7 Å². The Kier molecular flexibility index (Phi) is 9.33.